The number of rotatable bonds is 2. The normalized spacial score (nSPS) is 11.5. The Morgan fingerprint density at radius 1 is 1.21 bits per heavy atom. The first-order valence-corrected chi connectivity index (χ1v) is 6.63. The molecule has 0 aliphatic heterocycles. The Hall–Kier alpha value is -1.58. The second kappa shape index (κ2) is 12.9. The number of benzene rings is 1. The molecule has 1 aromatic rings. The summed E-state index contributed by atoms with van der Waals surface area (Å²) < 4.78 is 16.5. The SMILES string of the molecule is CC.CC.COC=O.Oc1cc(F)cc(C2CC2)c1. The monoisotopic (exact) mass is 272 g/mol. The summed E-state index contributed by atoms with van der Waals surface area (Å²) in [6.45, 7) is 8.38. The van der Waals surface area contributed by atoms with E-state index in [4.69, 9.17) is 9.90 Å². The van der Waals surface area contributed by atoms with E-state index in [9.17, 15) is 4.39 Å². The smallest absolute Gasteiger partial charge is 0.292 e. The Balaban J connectivity index is 0. The van der Waals surface area contributed by atoms with Crippen LogP contribution in [0.1, 0.15) is 52.0 Å². The molecule has 0 aromatic heterocycles. The van der Waals surface area contributed by atoms with Gasteiger partial charge in [-0.2, -0.15) is 0 Å². The Kier molecular flexibility index (Phi) is 13.4. The molecule has 1 aromatic carbocycles. The number of halogens is 1. The zero-order valence-electron chi connectivity index (χ0n) is 12.4. The highest BCUT2D eigenvalue weighted by Gasteiger charge is 2.24. The number of hydrogen-bond acceptors (Lipinski definition) is 3. The summed E-state index contributed by atoms with van der Waals surface area (Å²) in [7, 11) is 1.31. The number of phenols is 1. The molecule has 4 heteroatoms. The molecular weight excluding hydrogens is 247 g/mol. The Morgan fingerprint density at radius 3 is 2.00 bits per heavy atom. The molecule has 0 saturated heterocycles. The number of ether oxygens (including phenoxy) is 1. The van der Waals surface area contributed by atoms with E-state index in [1.54, 1.807) is 6.07 Å². The van der Waals surface area contributed by atoms with E-state index in [2.05, 4.69) is 4.74 Å². The molecule has 0 atom stereocenters. The third-order valence-electron chi connectivity index (χ3n) is 2.05. The minimum Gasteiger partial charge on any atom is -0.508 e. The average Bonchev–Trinajstić information content (AvgIpc) is 3.27. The first-order valence-electron chi connectivity index (χ1n) is 6.63. The summed E-state index contributed by atoms with van der Waals surface area (Å²) in [5.74, 6) is 0.190. The Bertz CT molecular complexity index is 316. The fraction of sp³-hybridized carbons (Fsp3) is 0.533. The highest BCUT2D eigenvalue weighted by Crippen LogP contribution is 2.41. The van der Waals surface area contributed by atoms with Crippen LogP contribution in [0, 0.1) is 5.82 Å². The molecule has 0 amide bonds. The van der Waals surface area contributed by atoms with E-state index in [0.717, 1.165) is 24.5 Å². The first kappa shape index (κ1) is 19.8. The molecule has 19 heavy (non-hydrogen) atoms. The van der Waals surface area contributed by atoms with Gasteiger partial charge in [-0.3, -0.25) is 4.79 Å². The lowest BCUT2D eigenvalue weighted by Crippen LogP contribution is -1.81. The summed E-state index contributed by atoms with van der Waals surface area (Å²) >= 11 is 0. The maximum Gasteiger partial charge on any atom is 0.292 e. The topological polar surface area (TPSA) is 46.5 Å². The van der Waals surface area contributed by atoms with Gasteiger partial charge in [0.25, 0.3) is 6.47 Å². The van der Waals surface area contributed by atoms with Crippen molar-refractivity contribution in [3.05, 3.63) is 29.6 Å². The molecule has 0 radical (unpaired) electrons. The van der Waals surface area contributed by atoms with Crippen molar-refractivity contribution in [2.45, 2.75) is 46.5 Å². The van der Waals surface area contributed by atoms with Crippen LogP contribution in [0.4, 0.5) is 4.39 Å². The molecule has 1 aliphatic rings. The lowest BCUT2D eigenvalue weighted by atomic mass is 10.1. The Labute approximate surface area is 115 Å². The van der Waals surface area contributed by atoms with Gasteiger partial charge in [-0.05, 0) is 36.5 Å². The number of carbonyl (C=O) groups is 1. The molecule has 3 nitrogen and oxygen atoms in total. The zero-order chi connectivity index (χ0) is 15.3. The molecule has 0 unspecified atom stereocenters. The van der Waals surface area contributed by atoms with Gasteiger partial charge in [0.2, 0.25) is 0 Å². The van der Waals surface area contributed by atoms with Gasteiger partial charge in [0, 0.05) is 6.07 Å². The van der Waals surface area contributed by atoms with Crippen molar-refractivity contribution in [1.82, 2.24) is 0 Å². The van der Waals surface area contributed by atoms with Crippen molar-refractivity contribution in [2.75, 3.05) is 7.11 Å². The fourth-order valence-electron chi connectivity index (χ4n) is 1.25. The predicted molar refractivity (Wildman–Crippen MR) is 75.8 cm³/mol. The molecule has 2 rings (SSSR count). The molecule has 110 valence electrons. The fourth-order valence-corrected chi connectivity index (χ4v) is 1.25. The number of hydrogen-bond donors (Lipinski definition) is 1. The second-order valence-electron chi connectivity index (χ2n) is 3.35. The molecular formula is C15H25FO3. The van der Waals surface area contributed by atoms with Gasteiger partial charge in [-0.25, -0.2) is 4.39 Å². The van der Waals surface area contributed by atoms with E-state index >= 15 is 0 Å². The third kappa shape index (κ3) is 10.1. The average molecular weight is 272 g/mol. The van der Waals surface area contributed by atoms with Crippen molar-refractivity contribution < 1.29 is 19.0 Å². The predicted octanol–water partition coefficient (Wildman–Crippen LogP) is 4.25. The lowest BCUT2D eigenvalue weighted by Gasteiger charge is -1.98. The van der Waals surface area contributed by atoms with Crippen LogP contribution in [0.3, 0.4) is 0 Å². The van der Waals surface area contributed by atoms with E-state index in [1.165, 1.54) is 13.2 Å². The summed E-state index contributed by atoms with van der Waals surface area (Å²) in [6.07, 6.45) is 2.26. The minimum atomic E-state index is -0.341. The molecule has 1 saturated carbocycles. The standard InChI is InChI=1S/C9H9FO.C2H4O2.2C2H6/c10-8-3-7(6-1-2-6)4-9(11)5-8;1-4-2-3;2*1-2/h3-6,11H,1-2H2;2H,1H3;2*1-2H3. The molecule has 1 aliphatic carbocycles. The summed E-state index contributed by atoms with van der Waals surface area (Å²) in [4.78, 5) is 8.95. The van der Waals surface area contributed by atoms with Crippen molar-refractivity contribution in [2.24, 2.45) is 0 Å². The molecule has 0 heterocycles. The van der Waals surface area contributed by atoms with Crippen molar-refractivity contribution in [3.63, 3.8) is 0 Å². The maximum atomic E-state index is 12.7. The van der Waals surface area contributed by atoms with Crippen LogP contribution in [0.15, 0.2) is 18.2 Å². The third-order valence-corrected chi connectivity index (χ3v) is 2.05. The summed E-state index contributed by atoms with van der Waals surface area (Å²) in [5, 5.41) is 9.03. The van der Waals surface area contributed by atoms with Crippen molar-refractivity contribution in [1.29, 1.82) is 0 Å². The molecule has 1 fully saturated rings. The Morgan fingerprint density at radius 2 is 1.68 bits per heavy atom. The van der Waals surface area contributed by atoms with E-state index < -0.39 is 0 Å². The van der Waals surface area contributed by atoms with Gasteiger partial charge in [-0.15, -0.1) is 0 Å². The van der Waals surface area contributed by atoms with Crippen molar-refractivity contribution >= 4 is 6.47 Å². The molecule has 1 N–H and O–H groups in total. The van der Waals surface area contributed by atoms with Gasteiger partial charge in [-0.1, -0.05) is 27.7 Å². The van der Waals surface area contributed by atoms with Crippen LogP contribution >= 0.6 is 0 Å². The van der Waals surface area contributed by atoms with Crippen LogP contribution in [0.5, 0.6) is 5.75 Å². The van der Waals surface area contributed by atoms with Crippen LogP contribution in [0.25, 0.3) is 0 Å². The van der Waals surface area contributed by atoms with Crippen LogP contribution < -0.4 is 0 Å². The first-order chi connectivity index (χ1) is 9.17. The van der Waals surface area contributed by atoms with Gasteiger partial charge in [0.1, 0.15) is 11.6 Å². The number of aromatic hydroxyl groups is 1. The van der Waals surface area contributed by atoms with Gasteiger partial charge in [0.05, 0.1) is 7.11 Å². The van der Waals surface area contributed by atoms with Crippen LogP contribution in [-0.4, -0.2) is 18.7 Å². The van der Waals surface area contributed by atoms with Crippen LogP contribution in [-0.2, 0) is 9.53 Å². The highest BCUT2D eigenvalue weighted by molar-refractivity contribution is 5.36. The van der Waals surface area contributed by atoms with Gasteiger partial charge < -0.3 is 9.84 Å². The van der Waals surface area contributed by atoms with Crippen molar-refractivity contribution in [3.8, 4) is 5.75 Å². The number of phenolic OH excluding ortho intramolecular Hbond substituents is 1. The van der Waals surface area contributed by atoms with E-state index in [1.807, 2.05) is 27.7 Å². The van der Waals surface area contributed by atoms with Crippen LogP contribution in [0.2, 0.25) is 0 Å². The lowest BCUT2D eigenvalue weighted by molar-refractivity contribution is -0.126. The van der Waals surface area contributed by atoms with E-state index in [0.29, 0.717) is 12.4 Å². The quantitative estimate of drug-likeness (QED) is 0.819. The largest absolute Gasteiger partial charge is 0.508 e. The second-order valence-corrected chi connectivity index (χ2v) is 3.35. The van der Waals surface area contributed by atoms with Gasteiger partial charge in [0.15, 0.2) is 0 Å². The number of methoxy groups -OCH3 is 1. The molecule has 0 spiro atoms. The highest BCUT2D eigenvalue weighted by atomic mass is 19.1. The zero-order valence-corrected chi connectivity index (χ0v) is 12.4. The minimum absolute atomic E-state index is 0.0342. The molecule has 0 bridgehead atoms. The maximum absolute atomic E-state index is 12.7. The summed E-state index contributed by atoms with van der Waals surface area (Å²) in [5.41, 5.74) is 0.933. The van der Waals surface area contributed by atoms with E-state index in [-0.39, 0.29) is 11.6 Å². The summed E-state index contributed by atoms with van der Waals surface area (Å²) in [6, 6.07) is 4.27. The van der Waals surface area contributed by atoms with Gasteiger partial charge >= 0.3 is 0 Å². The number of carbonyl (C=O) groups excluding carboxylic acids is 1.